The van der Waals surface area contributed by atoms with E-state index in [1.807, 2.05) is 42.7 Å². The topological polar surface area (TPSA) is 60.3 Å². The predicted molar refractivity (Wildman–Crippen MR) is 133 cm³/mol. The quantitative estimate of drug-likeness (QED) is 0.318. The Morgan fingerprint density at radius 2 is 1.72 bits per heavy atom. The van der Waals surface area contributed by atoms with Crippen molar-refractivity contribution in [3.8, 4) is 0 Å². The highest BCUT2D eigenvalue weighted by atomic mass is 19.4. The average Bonchev–Trinajstić information content (AvgIpc) is 3.27. The first-order valence-electron chi connectivity index (χ1n) is 12.0. The van der Waals surface area contributed by atoms with E-state index in [1.165, 1.54) is 24.8 Å². The zero-order valence-electron chi connectivity index (χ0n) is 20.7. The van der Waals surface area contributed by atoms with Crippen molar-refractivity contribution in [2.75, 3.05) is 12.4 Å². The Bertz CT molecular complexity index is 1190. The molecule has 8 heteroatoms. The second-order valence-electron chi connectivity index (χ2n) is 8.76. The van der Waals surface area contributed by atoms with Gasteiger partial charge < -0.3 is 14.6 Å². The molecular formula is C28H31F3N2O3. The first-order valence-corrected chi connectivity index (χ1v) is 12.0. The molecule has 1 amide bonds. The number of ether oxygens (including phenoxy) is 1. The summed E-state index contributed by atoms with van der Waals surface area (Å²) in [4.78, 5) is 24.9. The molecule has 0 fully saturated rings. The molecule has 0 aliphatic heterocycles. The third-order valence-electron chi connectivity index (χ3n) is 6.22. The van der Waals surface area contributed by atoms with Crippen molar-refractivity contribution >= 4 is 17.6 Å². The minimum Gasteiger partial charge on any atom is -0.469 e. The van der Waals surface area contributed by atoms with E-state index >= 15 is 0 Å². The number of alkyl halides is 3. The van der Waals surface area contributed by atoms with Crippen molar-refractivity contribution < 1.29 is 27.5 Å². The number of halogens is 3. The summed E-state index contributed by atoms with van der Waals surface area (Å²) < 4.78 is 47.5. The Morgan fingerprint density at radius 3 is 2.36 bits per heavy atom. The number of anilines is 1. The van der Waals surface area contributed by atoms with Crippen molar-refractivity contribution in [1.29, 1.82) is 0 Å². The number of carbonyl (C=O) groups excluding carboxylic acids is 2. The van der Waals surface area contributed by atoms with Crippen LogP contribution in [0.5, 0.6) is 0 Å². The van der Waals surface area contributed by atoms with E-state index in [0.717, 1.165) is 37.4 Å². The number of aromatic nitrogens is 1. The van der Waals surface area contributed by atoms with E-state index in [9.17, 15) is 22.8 Å². The highest BCUT2D eigenvalue weighted by molar-refractivity contribution is 6.04. The molecule has 3 aromatic rings. The monoisotopic (exact) mass is 500 g/mol. The molecule has 2 aromatic carbocycles. The fraction of sp³-hybridized carbons (Fsp3) is 0.357. The van der Waals surface area contributed by atoms with E-state index in [0.29, 0.717) is 11.3 Å². The van der Waals surface area contributed by atoms with Crippen molar-refractivity contribution in [2.45, 2.75) is 58.2 Å². The number of carbonyl (C=O) groups is 2. The fourth-order valence-electron chi connectivity index (χ4n) is 4.18. The van der Waals surface area contributed by atoms with Gasteiger partial charge in [0.2, 0.25) is 0 Å². The van der Waals surface area contributed by atoms with Crippen LogP contribution < -0.4 is 5.32 Å². The summed E-state index contributed by atoms with van der Waals surface area (Å²) in [6, 6.07) is 16.9. The molecule has 1 N–H and O–H groups in total. The van der Waals surface area contributed by atoms with Gasteiger partial charge >= 0.3 is 12.1 Å². The normalized spacial score (nSPS) is 12.3. The van der Waals surface area contributed by atoms with Crippen LogP contribution >= 0.6 is 0 Å². The van der Waals surface area contributed by atoms with Gasteiger partial charge in [-0.25, -0.2) is 0 Å². The Kier molecular flexibility index (Phi) is 8.96. The molecule has 0 bridgehead atoms. The van der Waals surface area contributed by atoms with Gasteiger partial charge in [0.05, 0.1) is 24.8 Å². The van der Waals surface area contributed by atoms with Gasteiger partial charge in [-0.1, -0.05) is 43.3 Å². The highest BCUT2D eigenvalue weighted by Gasteiger charge is 2.34. The highest BCUT2D eigenvalue weighted by Crippen LogP contribution is 2.36. The second kappa shape index (κ2) is 11.9. The molecule has 1 aromatic heterocycles. The van der Waals surface area contributed by atoms with Gasteiger partial charge in [0.1, 0.15) is 5.69 Å². The summed E-state index contributed by atoms with van der Waals surface area (Å²) in [6.07, 6.45) is -1.63. The van der Waals surface area contributed by atoms with Crippen LogP contribution in [0.2, 0.25) is 0 Å². The number of hydrogen-bond acceptors (Lipinski definition) is 3. The summed E-state index contributed by atoms with van der Waals surface area (Å²) in [7, 11) is 1.20. The summed E-state index contributed by atoms with van der Waals surface area (Å²) >= 11 is 0. The average molecular weight is 501 g/mol. The molecule has 0 saturated carbocycles. The number of methoxy groups -OCH3 is 1. The minimum absolute atomic E-state index is 0.0137. The van der Waals surface area contributed by atoms with Crippen LogP contribution in [0.4, 0.5) is 18.9 Å². The number of amides is 1. The lowest BCUT2D eigenvalue weighted by atomic mass is 10.1. The van der Waals surface area contributed by atoms with Crippen LogP contribution in [0.25, 0.3) is 0 Å². The van der Waals surface area contributed by atoms with Crippen LogP contribution in [-0.2, 0) is 35.0 Å². The molecule has 192 valence electrons. The fourth-order valence-corrected chi connectivity index (χ4v) is 4.18. The molecule has 1 heterocycles. The molecule has 3 rings (SSSR count). The van der Waals surface area contributed by atoms with E-state index in [4.69, 9.17) is 0 Å². The lowest BCUT2D eigenvalue weighted by molar-refractivity contribution is -0.139. The first-order chi connectivity index (χ1) is 17.1. The Labute approximate surface area is 209 Å². The molecule has 0 saturated heterocycles. The van der Waals surface area contributed by atoms with Crippen LogP contribution in [-0.4, -0.2) is 23.6 Å². The van der Waals surface area contributed by atoms with Crippen molar-refractivity contribution in [1.82, 2.24) is 4.57 Å². The SMILES string of the molecule is CC[C@H](C)n1c(CCCc2ccccc2)ccc1C(=O)Nc1cc(CC(=O)OC)ccc1C(F)(F)F. The Balaban J connectivity index is 1.86. The van der Waals surface area contributed by atoms with Gasteiger partial charge in [0, 0.05) is 11.7 Å². The lowest BCUT2D eigenvalue weighted by Gasteiger charge is -2.20. The second-order valence-corrected chi connectivity index (χ2v) is 8.76. The maximum absolute atomic E-state index is 13.7. The molecule has 0 spiro atoms. The smallest absolute Gasteiger partial charge is 0.418 e. The van der Waals surface area contributed by atoms with Gasteiger partial charge in [-0.3, -0.25) is 9.59 Å². The lowest BCUT2D eigenvalue weighted by Crippen LogP contribution is -2.22. The van der Waals surface area contributed by atoms with Crippen molar-refractivity contribution in [3.05, 3.63) is 88.7 Å². The zero-order valence-corrected chi connectivity index (χ0v) is 20.7. The number of rotatable bonds is 10. The van der Waals surface area contributed by atoms with E-state index < -0.39 is 29.3 Å². The van der Waals surface area contributed by atoms with Crippen LogP contribution in [0.15, 0.2) is 60.7 Å². The van der Waals surface area contributed by atoms with Gasteiger partial charge in [-0.15, -0.1) is 0 Å². The van der Waals surface area contributed by atoms with Crippen molar-refractivity contribution in [2.24, 2.45) is 0 Å². The summed E-state index contributed by atoms with van der Waals surface area (Å²) in [6.45, 7) is 3.98. The standard InChI is InChI=1S/C28H31F3N2O3/c1-4-19(2)33-22(12-8-11-20-9-6-5-7-10-20)14-16-25(33)27(35)32-24-17-21(18-26(34)36-3)13-15-23(24)28(29,30)31/h5-7,9-10,13-17,19H,4,8,11-12,18H2,1-3H3,(H,32,35)/t19-/m0/s1. The molecule has 0 aliphatic rings. The number of nitrogens with zero attached hydrogens (tertiary/aromatic N) is 1. The number of benzene rings is 2. The van der Waals surface area contributed by atoms with E-state index in [1.54, 1.807) is 6.07 Å². The molecule has 1 atom stereocenters. The summed E-state index contributed by atoms with van der Waals surface area (Å²) in [5.74, 6) is -1.22. The maximum atomic E-state index is 13.7. The molecule has 5 nitrogen and oxygen atoms in total. The molecular weight excluding hydrogens is 469 g/mol. The zero-order chi connectivity index (χ0) is 26.3. The van der Waals surface area contributed by atoms with Gasteiger partial charge in [-0.05, 0) is 68.0 Å². The largest absolute Gasteiger partial charge is 0.469 e. The summed E-state index contributed by atoms with van der Waals surface area (Å²) in [5, 5.41) is 2.45. The Morgan fingerprint density at radius 1 is 1.00 bits per heavy atom. The maximum Gasteiger partial charge on any atom is 0.418 e. The van der Waals surface area contributed by atoms with E-state index in [-0.39, 0.29) is 12.5 Å². The third kappa shape index (κ3) is 6.77. The Hall–Kier alpha value is -3.55. The minimum atomic E-state index is -4.67. The number of nitrogens with one attached hydrogen (secondary N) is 1. The van der Waals surface area contributed by atoms with Gasteiger partial charge in [-0.2, -0.15) is 13.2 Å². The number of aryl methyl sites for hydroxylation is 2. The molecule has 0 radical (unpaired) electrons. The third-order valence-corrected chi connectivity index (χ3v) is 6.22. The molecule has 0 aliphatic carbocycles. The number of hydrogen-bond donors (Lipinski definition) is 1. The van der Waals surface area contributed by atoms with Crippen LogP contribution in [0.1, 0.15) is 65.6 Å². The van der Waals surface area contributed by atoms with Gasteiger partial charge in [0.15, 0.2) is 0 Å². The molecule has 0 unspecified atom stereocenters. The summed E-state index contributed by atoms with van der Waals surface area (Å²) in [5.41, 5.74) is 1.42. The molecule has 36 heavy (non-hydrogen) atoms. The van der Waals surface area contributed by atoms with Crippen molar-refractivity contribution in [3.63, 3.8) is 0 Å². The van der Waals surface area contributed by atoms with E-state index in [2.05, 4.69) is 22.2 Å². The number of esters is 1. The first kappa shape index (κ1) is 27.0. The van der Waals surface area contributed by atoms with Crippen LogP contribution in [0.3, 0.4) is 0 Å². The van der Waals surface area contributed by atoms with Crippen LogP contribution in [0, 0.1) is 0 Å². The predicted octanol–water partition coefficient (Wildman–Crippen LogP) is 6.62. The van der Waals surface area contributed by atoms with Gasteiger partial charge in [0.25, 0.3) is 5.91 Å².